The maximum Gasteiger partial charge on any atom is 0.335 e. The van der Waals surface area contributed by atoms with Crippen molar-refractivity contribution in [3.8, 4) is 0 Å². The number of hydrogen-bond acceptors (Lipinski definition) is 4. The van der Waals surface area contributed by atoms with Crippen LogP contribution in [0.15, 0.2) is 42.5 Å². The first-order valence-corrected chi connectivity index (χ1v) is 12.4. The summed E-state index contributed by atoms with van der Waals surface area (Å²) in [4.78, 5) is 19.7. The van der Waals surface area contributed by atoms with Crippen molar-refractivity contribution in [1.82, 2.24) is 10.4 Å². The molecule has 0 bridgehead atoms. The summed E-state index contributed by atoms with van der Waals surface area (Å²) in [5.41, 5.74) is 9.11. The molecule has 33 heavy (non-hydrogen) atoms. The van der Waals surface area contributed by atoms with E-state index in [1.165, 1.54) is 42.4 Å². The van der Waals surface area contributed by atoms with Gasteiger partial charge in [0.2, 0.25) is 0 Å². The standard InChI is InChI=1S/C27H29ClN2O3/c28-25-22(18-1-2-18)13-17(14-23(25)19-3-4-19)16-30-11-9-27(10-12-30)15-24(29-33-27)20-5-7-21(8-6-20)26(31)32/h5-8,13-15,18-19,29H,1-4,9-12,16H2,(H,31,32). The zero-order chi connectivity index (χ0) is 22.6. The third-order valence-electron chi connectivity index (χ3n) is 7.55. The molecule has 2 aromatic carbocycles. The summed E-state index contributed by atoms with van der Waals surface area (Å²) in [6, 6.07) is 11.6. The van der Waals surface area contributed by atoms with E-state index in [1.54, 1.807) is 12.1 Å². The minimum absolute atomic E-state index is 0.290. The first-order chi connectivity index (χ1) is 16.0. The van der Waals surface area contributed by atoms with E-state index >= 15 is 0 Å². The number of likely N-dealkylation sites (tertiary alicyclic amines) is 1. The lowest BCUT2D eigenvalue weighted by atomic mass is 9.89. The van der Waals surface area contributed by atoms with Crippen molar-refractivity contribution in [2.45, 2.75) is 62.5 Å². The van der Waals surface area contributed by atoms with Crippen LogP contribution in [0.2, 0.25) is 5.02 Å². The summed E-state index contributed by atoms with van der Waals surface area (Å²) in [5, 5.41) is 10.2. The quantitative estimate of drug-likeness (QED) is 0.573. The van der Waals surface area contributed by atoms with Gasteiger partial charge in [-0.1, -0.05) is 35.9 Å². The van der Waals surface area contributed by atoms with Gasteiger partial charge in [0.25, 0.3) is 0 Å². The number of piperidine rings is 1. The Hall–Kier alpha value is -2.34. The monoisotopic (exact) mass is 464 g/mol. The van der Waals surface area contributed by atoms with Gasteiger partial charge in [0.15, 0.2) is 0 Å². The van der Waals surface area contributed by atoms with Crippen molar-refractivity contribution in [2.75, 3.05) is 13.1 Å². The summed E-state index contributed by atoms with van der Waals surface area (Å²) < 4.78 is 0. The van der Waals surface area contributed by atoms with Crippen molar-refractivity contribution < 1.29 is 14.7 Å². The second-order valence-corrected chi connectivity index (χ2v) is 10.5. The SMILES string of the molecule is O=C(O)c1ccc(C2=CC3(CCN(Cc4cc(C5CC5)c(Cl)c(C5CC5)c4)CC3)ON2)cc1. The molecular weight excluding hydrogens is 436 g/mol. The van der Waals surface area contributed by atoms with Gasteiger partial charge in [0.1, 0.15) is 5.60 Å². The summed E-state index contributed by atoms with van der Waals surface area (Å²) in [5.74, 6) is 0.431. The van der Waals surface area contributed by atoms with E-state index in [0.717, 1.165) is 48.8 Å². The van der Waals surface area contributed by atoms with Gasteiger partial charge in [0.05, 0.1) is 11.3 Å². The number of rotatable bonds is 6. The van der Waals surface area contributed by atoms with Crippen LogP contribution in [0.1, 0.15) is 83.0 Å². The second kappa shape index (κ2) is 8.15. The number of carbonyl (C=O) groups is 1. The van der Waals surface area contributed by atoms with Gasteiger partial charge < -0.3 is 5.11 Å². The van der Waals surface area contributed by atoms with Crippen molar-refractivity contribution in [1.29, 1.82) is 0 Å². The highest BCUT2D eigenvalue weighted by atomic mass is 35.5. The zero-order valence-corrected chi connectivity index (χ0v) is 19.4. The number of carboxylic acid groups (broad SMARTS) is 1. The van der Waals surface area contributed by atoms with E-state index in [4.69, 9.17) is 21.5 Å². The van der Waals surface area contributed by atoms with Crippen LogP contribution in [0.5, 0.6) is 0 Å². The third-order valence-corrected chi connectivity index (χ3v) is 7.98. The molecule has 1 spiro atoms. The molecule has 3 fully saturated rings. The van der Waals surface area contributed by atoms with Crippen LogP contribution in [0.25, 0.3) is 5.70 Å². The third kappa shape index (κ3) is 4.30. The molecule has 2 aliphatic heterocycles. The van der Waals surface area contributed by atoms with Crippen LogP contribution in [0, 0.1) is 0 Å². The summed E-state index contributed by atoms with van der Waals surface area (Å²) in [6.45, 7) is 2.92. The largest absolute Gasteiger partial charge is 0.478 e. The Morgan fingerprint density at radius 1 is 1.06 bits per heavy atom. The van der Waals surface area contributed by atoms with Gasteiger partial charge in [-0.25, -0.2) is 4.79 Å². The average Bonchev–Trinajstić information content (AvgIpc) is 3.75. The molecule has 2 aromatic rings. The van der Waals surface area contributed by atoms with Crippen LogP contribution in [-0.4, -0.2) is 34.7 Å². The van der Waals surface area contributed by atoms with Crippen LogP contribution in [-0.2, 0) is 11.4 Å². The Bertz CT molecular complexity index is 1080. The molecule has 0 aromatic heterocycles. The van der Waals surface area contributed by atoms with Gasteiger partial charge in [-0.15, -0.1) is 0 Å². The Kier molecular flexibility index (Phi) is 5.24. The van der Waals surface area contributed by atoms with Crippen molar-refractivity contribution >= 4 is 23.3 Å². The molecule has 5 nitrogen and oxygen atoms in total. The average molecular weight is 465 g/mol. The van der Waals surface area contributed by atoms with Crippen LogP contribution < -0.4 is 5.48 Å². The molecule has 0 amide bonds. The minimum atomic E-state index is -0.913. The molecule has 0 radical (unpaired) electrons. The molecule has 2 heterocycles. The molecule has 2 saturated carbocycles. The molecule has 6 heteroatoms. The van der Waals surface area contributed by atoms with E-state index in [1.807, 2.05) is 12.1 Å². The molecule has 4 aliphatic rings. The molecule has 172 valence electrons. The normalized spacial score (nSPS) is 22.3. The number of halogens is 1. The Morgan fingerprint density at radius 2 is 1.67 bits per heavy atom. The second-order valence-electron chi connectivity index (χ2n) is 10.1. The Morgan fingerprint density at radius 3 is 2.21 bits per heavy atom. The number of hydrogen-bond donors (Lipinski definition) is 2. The van der Waals surface area contributed by atoms with Crippen molar-refractivity contribution in [3.63, 3.8) is 0 Å². The molecule has 1 saturated heterocycles. The topological polar surface area (TPSA) is 61.8 Å². The van der Waals surface area contributed by atoms with E-state index in [2.05, 4.69) is 28.6 Å². The lowest BCUT2D eigenvalue weighted by molar-refractivity contribution is -0.0703. The van der Waals surface area contributed by atoms with Crippen molar-refractivity contribution in [2.24, 2.45) is 0 Å². The Labute approximate surface area is 199 Å². The Balaban J connectivity index is 1.13. The lowest BCUT2D eigenvalue weighted by Gasteiger charge is -2.36. The van der Waals surface area contributed by atoms with Gasteiger partial charge >= 0.3 is 5.97 Å². The van der Waals surface area contributed by atoms with E-state index < -0.39 is 5.97 Å². The molecule has 0 unspecified atom stereocenters. The number of nitrogens with one attached hydrogen (secondary N) is 1. The fraction of sp³-hybridized carbons (Fsp3) is 0.444. The van der Waals surface area contributed by atoms with E-state index in [-0.39, 0.29) is 11.2 Å². The van der Waals surface area contributed by atoms with E-state index in [0.29, 0.717) is 11.8 Å². The first-order valence-electron chi connectivity index (χ1n) is 12.0. The van der Waals surface area contributed by atoms with Gasteiger partial charge in [-0.05, 0) is 90.8 Å². The highest BCUT2D eigenvalue weighted by molar-refractivity contribution is 6.32. The summed E-state index contributed by atoms with van der Waals surface area (Å²) in [7, 11) is 0. The number of hydroxylamine groups is 1. The predicted molar refractivity (Wildman–Crippen MR) is 128 cm³/mol. The highest BCUT2D eigenvalue weighted by Gasteiger charge is 2.39. The van der Waals surface area contributed by atoms with Crippen LogP contribution >= 0.6 is 11.6 Å². The van der Waals surface area contributed by atoms with Gasteiger partial charge in [-0.3, -0.25) is 15.2 Å². The fourth-order valence-electron chi connectivity index (χ4n) is 5.22. The van der Waals surface area contributed by atoms with Crippen molar-refractivity contribution in [3.05, 3.63) is 75.3 Å². The fourth-order valence-corrected chi connectivity index (χ4v) is 5.63. The molecule has 6 rings (SSSR count). The predicted octanol–water partition coefficient (Wildman–Crippen LogP) is 5.70. The summed E-state index contributed by atoms with van der Waals surface area (Å²) >= 11 is 6.79. The maximum absolute atomic E-state index is 11.1. The first kappa shape index (κ1) is 21.2. The number of carboxylic acids is 1. The van der Waals surface area contributed by atoms with Crippen LogP contribution in [0.4, 0.5) is 0 Å². The van der Waals surface area contributed by atoms with Gasteiger partial charge in [0, 0.05) is 24.7 Å². The highest BCUT2D eigenvalue weighted by Crippen LogP contribution is 2.50. The molecular formula is C27H29ClN2O3. The smallest absolute Gasteiger partial charge is 0.335 e. The number of aromatic carboxylic acids is 1. The molecule has 2 aliphatic carbocycles. The lowest BCUT2D eigenvalue weighted by Crippen LogP contribution is -2.44. The van der Waals surface area contributed by atoms with E-state index in [9.17, 15) is 4.79 Å². The molecule has 0 atom stereocenters. The van der Waals surface area contributed by atoms with Crippen LogP contribution in [0.3, 0.4) is 0 Å². The maximum atomic E-state index is 11.1. The molecule has 2 N–H and O–H groups in total. The minimum Gasteiger partial charge on any atom is -0.478 e. The zero-order valence-electron chi connectivity index (χ0n) is 18.6. The summed E-state index contributed by atoms with van der Waals surface area (Å²) in [6.07, 6.45) is 9.13. The van der Waals surface area contributed by atoms with Gasteiger partial charge in [-0.2, -0.15) is 0 Å². The number of benzene rings is 2. The number of nitrogens with zero attached hydrogens (tertiary/aromatic N) is 1.